The van der Waals surface area contributed by atoms with E-state index in [2.05, 4.69) is 5.32 Å². The predicted octanol–water partition coefficient (Wildman–Crippen LogP) is 0.737. The van der Waals surface area contributed by atoms with E-state index in [4.69, 9.17) is 5.11 Å². The molecule has 0 aromatic rings. The van der Waals surface area contributed by atoms with Crippen LogP contribution >= 0.6 is 0 Å². The van der Waals surface area contributed by atoms with E-state index in [1.807, 2.05) is 20.8 Å². The fourth-order valence-electron chi connectivity index (χ4n) is 1.45. The summed E-state index contributed by atoms with van der Waals surface area (Å²) in [4.78, 5) is 12.4. The molecule has 4 heteroatoms. The van der Waals surface area contributed by atoms with Gasteiger partial charge in [-0.25, -0.2) is 4.79 Å². The zero-order valence-electron chi connectivity index (χ0n) is 7.79. The number of carboxylic acid groups (broad SMARTS) is 1. The molecular weight excluding hydrogens is 156 g/mol. The third-order valence-corrected chi connectivity index (χ3v) is 2.05. The number of amides is 1. The Kier molecular flexibility index (Phi) is 2.28. The summed E-state index contributed by atoms with van der Waals surface area (Å²) in [5.74, 6) is 0. The molecule has 0 unspecified atom stereocenters. The molecule has 0 saturated carbocycles. The van der Waals surface area contributed by atoms with Gasteiger partial charge in [0.05, 0.1) is 6.04 Å². The highest BCUT2D eigenvalue weighted by molar-refractivity contribution is 5.66. The van der Waals surface area contributed by atoms with Crippen molar-refractivity contribution in [2.75, 3.05) is 13.1 Å². The van der Waals surface area contributed by atoms with Crippen molar-refractivity contribution in [3.05, 3.63) is 0 Å². The Morgan fingerprint density at radius 1 is 1.50 bits per heavy atom. The van der Waals surface area contributed by atoms with Gasteiger partial charge in [-0.3, -0.25) is 4.90 Å². The van der Waals surface area contributed by atoms with Crippen LogP contribution in [0.2, 0.25) is 0 Å². The van der Waals surface area contributed by atoms with E-state index < -0.39 is 6.09 Å². The van der Waals surface area contributed by atoms with Crippen LogP contribution < -0.4 is 5.32 Å². The molecule has 1 aliphatic rings. The van der Waals surface area contributed by atoms with E-state index in [1.165, 1.54) is 4.90 Å². The molecule has 1 heterocycles. The zero-order valence-corrected chi connectivity index (χ0v) is 7.79. The third-order valence-electron chi connectivity index (χ3n) is 2.05. The minimum Gasteiger partial charge on any atom is -0.465 e. The molecule has 0 atom stereocenters. The second-order valence-electron chi connectivity index (χ2n) is 4.14. The summed E-state index contributed by atoms with van der Waals surface area (Å²) in [5, 5.41) is 12.0. The van der Waals surface area contributed by atoms with Gasteiger partial charge in [0.1, 0.15) is 0 Å². The number of hydrogen-bond donors (Lipinski definition) is 2. The topological polar surface area (TPSA) is 52.6 Å². The smallest absolute Gasteiger partial charge is 0.408 e. The highest BCUT2D eigenvalue weighted by atomic mass is 16.4. The van der Waals surface area contributed by atoms with Crippen LogP contribution in [0.15, 0.2) is 0 Å². The van der Waals surface area contributed by atoms with Crippen molar-refractivity contribution in [2.24, 2.45) is 0 Å². The van der Waals surface area contributed by atoms with Gasteiger partial charge in [-0.05, 0) is 20.8 Å². The fraction of sp³-hybridized carbons (Fsp3) is 0.875. The molecule has 0 aliphatic carbocycles. The number of nitrogens with one attached hydrogen (secondary N) is 1. The summed E-state index contributed by atoms with van der Waals surface area (Å²) >= 11 is 0. The van der Waals surface area contributed by atoms with Gasteiger partial charge in [0, 0.05) is 18.6 Å². The van der Waals surface area contributed by atoms with Gasteiger partial charge in [0.25, 0.3) is 0 Å². The van der Waals surface area contributed by atoms with E-state index in [1.54, 1.807) is 0 Å². The molecule has 70 valence electrons. The predicted molar refractivity (Wildman–Crippen MR) is 46.3 cm³/mol. The average molecular weight is 172 g/mol. The lowest BCUT2D eigenvalue weighted by atomic mass is 10.0. The normalized spacial score (nSPS) is 18.6. The Balaban J connectivity index is 2.67. The van der Waals surface area contributed by atoms with Crippen LogP contribution in [0.1, 0.15) is 20.8 Å². The largest absolute Gasteiger partial charge is 0.465 e. The second-order valence-corrected chi connectivity index (χ2v) is 4.14. The molecule has 0 aromatic heterocycles. The van der Waals surface area contributed by atoms with Crippen molar-refractivity contribution in [1.29, 1.82) is 0 Å². The van der Waals surface area contributed by atoms with Crippen LogP contribution in [-0.4, -0.2) is 40.8 Å². The fourth-order valence-corrected chi connectivity index (χ4v) is 1.45. The molecule has 12 heavy (non-hydrogen) atoms. The van der Waals surface area contributed by atoms with Crippen molar-refractivity contribution >= 4 is 6.09 Å². The first kappa shape index (κ1) is 9.32. The lowest BCUT2D eigenvalue weighted by molar-refractivity contribution is 0.0517. The highest BCUT2D eigenvalue weighted by Crippen LogP contribution is 2.19. The average Bonchev–Trinajstić information content (AvgIpc) is 1.73. The second kappa shape index (κ2) is 2.94. The van der Waals surface area contributed by atoms with Crippen molar-refractivity contribution < 1.29 is 9.90 Å². The first-order chi connectivity index (χ1) is 5.43. The van der Waals surface area contributed by atoms with E-state index in [9.17, 15) is 4.79 Å². The van der Waals surface area contributed by atoms with Gasteiger partial charge in [0.2, 0.25) is 0 Å². The zero-order chi connectivity index (χ0) is 9.35. The van der Waals surface area contributed by atoms with Crippen LogP contribution in [0.25, 0.3) is 0 Å². The highest BCUT2D eigenvalue weighted by Gasteiger charge is 2.35. The van der Waals surface area contributed by atoms with Crippen molar-refractivity contribution in [1.82, 2.24) is 10.2 Å². The molecule has 0 bridgehead atoms. The SMILES string of the molecule is CC(C)(C)N(C(=O)O)C1CNC1. The molecule has 2 N–H and O–H groups in total. The lowest BCUT2D eigenvalue weighted by Crippen LogP contribution is -2.63. The third kappa shape index (κ3) is 1.69. The van der Waals surface area contributed by atoms with E-state index >= 15 is 0 Å². The molecule has 1 amide bonds. The van der Waals surface area contributed by atoms with E-state index in [0.29, 0.717) is 0 Å². The number of carbonyl (C=O) groups is 1. The summed E-state index contributed by atoms with van der Waals surface area (Å²) in [6.45, 7) is 7.31. The first-order valence-corrected chi connectivity index (χ1v) is 4.16. The van der Waals surface area contributed by atoms with E-state index in [0.717, 1.165) is 13.1 Å². The van der Waals surface area contributed by atoms with E-state index in [-0.39, 0.29) is 11.6 Å². The summed E-state index contributed by atoms with van der Waals surface area (Å²) in [5.41, 5.74) is -0.293. The molecule has 0 radical (unpaired) electrons. The van der Waals surface area contributed by atoms with Crippen LogP contribution in [-0.2, 0) is 0 Å². The van der Waals surface area contributed by atoms with Gasteiger partial charge >= 0.3 is 6.09 Å². The van der Waals surface area contributed by atoms with Crippen molar-refractivity contribution in [2.45, 2.75) is 32.4 Å². The van der Waals surface area contributed by atoms with Crippen LogP contribution in [0.3, 0.4) is 0 Å². The maximum atomic E-state index is 10.9. The Hall–Kier alpha value is -0.770. The van der Waals surface area contributed by atoms with Gasteiger partial charge in [-0.15, -0.1) is 0 Å². The molecule has 1 aliphatic heterocycles. The minimum atomic E-state index is -0.825. The number of rotatable bonds is 1. The van der Waals surface area contributed by atoms with Crippen molar-refractivity contribution in [3.8, 4) is 0 Å². The lowest BCUT2D eigenvalue weighted by Gasteiger charge is -2.44. The summed E-state index contributed by atoms with van der Waals surface area (Å²) in [6, 6.07) is 0.155. The summed E-state index contributed by atoms with van der Waals surface area (Å²) in [7, 11) is 0. The van der Waals surface area contributed by atoms with Crippen LogP contribution in [0.5, 0.6) is 0 Å². The first-order valence-electron chi connectivity index (χ1n) is 4.16. The summed E-state index contributed by atoms with van der Waals surface area (Å²) in [6.07, 6.45) is -0.825. The molecule has 1 rings (SSSR count). The maximum Gasteiger partial charge on any atom is 0.408 e. The van der Waals surface area contributed by atoms with Gasteiger partial charge in [-0.1, -0.05) is 0 Å². The van der Waals surface area contributed by atoms with Crippen LogP contribution in [0.4, 0.5) is 4.79 Å². The minimum absolute atomic E-state index is 0.155. The summed E-state index contributed by atoms with van der Waals surface area (Å²) < 4.78 is 0. The van der Waals surface area contributed by atoms with Gasteiger partial charge in [0.15, 0.2) is 0 Å². The Labute approximate surface area is 72.6 Å². The number of hydrogen-bond acceptors (Lipinski definition) is 2. The maximum absolute atomic E-state index is 10.9. The number of nitrogens with zero attached hydrogens (tertiary/aromatic N) is 1. The molecule has 4 nitrogen and oxygen atoms in total. The molecule has 1 fully saturated rings. The van der Waals surface area contributed by atoms with Gasteiger partial charge in [-0.2, -0.15) is 0 Å². The quantitative estimate of drug-likeness (QED) is 0.613. The molecular formula is C8H16N2O2. The van der Waals surface area contributed by atoms with Crippen LogP contribution in [0, 0.1) is 0 Å². The Morgan fingerprint density at radius 2 is 2.00 bits per heavy atom. The van der Waals surface area contributed by atoms with Crippen molar-refractivity contribution in [3.63, 3.8) is 0 Å². The standard InChI is InChI=1S/C8H16N2O2/c1-8(2,3)10(7(11)12)6-4-9-5-6/h6,9H,4-5H2,1-3H3,(H,11,12). The Morgan fingerprint density at radius 3 is 2.08 bits per heavy atom. The molecule has 0 spiro atoms. The Bertz CT molecular complexity index is 182. The van der Waals surface area contributed by atoms with Gasteiger partial charge < -0.3 is 10.4 Å². The molecule has 1 saturated heterocycles. The molecule has 0 aromatic carbocycles. The monoisotopic (exact) mass is 172 g/mol.